The van der Waals surface area contributed by atoms with E-state index in [1.54, 1.807) is 17.1 Å². The first kappa shape index (κ1) is 12.8. The highest BCUT2D eigenvalue weighted by atomic mass is 35.5. The second-order valence-corrected chi connectivity index (χ2v) is 4.25. The topological polar surface area (TPSA) is 65.4 Å². The number of rotatable bonds is 2. The van der Waals surface area contributed by atoms with Crippen molar-refractivity contribution in [1.82, 2.24) is 10.4 Å². The second kappa shape index (κ2) is 5.83. The Bertz CT molecular complexity index is 493. The molecule has 1 amide bonds. The number of benzene rings is 1. The monoisotopic (exact) mass is 265 g/mol. The third-order valence-corrected chi connectivity index (χ3v) is 2.95. The van der Waals surface area contributed by atoms with E-state index in [2.05, 4.69) is 5.43 Å². The van der Waals surface area contributed by atoms with Crippen LogP contribution < -0.4 is 5.43 Å². The Morgan fingerprint density at radius 2 is 2.17 bits per heavy atom. The zero-order valence-corrected chi connectivity index (χ0v) is 10.4. The van der Waals surface area contributed by atoms with Crippen LogP contribution in [0, 0.1) is 11.3 Å². The summed E-state index contributed by atoms with van der Waals surface area (Å²) in [5.41, 5.74) is 3.48. The maximum Gasteiger partial charge on any atom is 0.265 e. The minimum Gasteiger partial charge on any atom is -0.379 e. The van der Waals surface area contributed by atoms with E-state index in [4.69, 9.17) is 21.6 Å². The van der Waals surface area contributed by atoms with Gasteiger partial charge in [0, 0.05) is 18.7 Å². The predicted molar refractivity (Wildman–Crippen MR) is 66.0 cm³/mol. The minimum absolute atomic E-state index is 0.245. The Morgan fingerprint density at radius 3 is 2.83 bits per heavy atom. The first-order valence-electron chi connectivity index (χ1n) is 5.54. The number of halogens is 1. The molecule has 1 heterocycles. The number of morpholine rings is 1. The van der Waals surface area contributed by atoms with Crippen molar-refractivity contribution in [1.29, 1.82) is 5.26 Å². The Morgan fingerprint density at radius 1 is 1.44 bits per heavy atom. The number of ether oxygens (including phenoxy) is 1. The van der Waals surface area contributed by atoms with E-state index >= 15 is 0 Å². The van der Waals surface area contributed by atoms with Crippen LogP contribution in [0.3, 0.4) is 0 Å². The van der Waals surface area contributed by atoms with Crippen molar-refractivity contribution in [2.24, 2.45) is 0 Å². The van der Waals surface area contributed by atoms with Crippen LogP contribution in [-0.2, 0) is 4.74 Å². The molecule has 0 unspecified atom stereocenters. The average molecular weight is 266 g/mol. The molecule has 1 aromatic carbocycles. The van der Waals surface area contributed by atoms with E-state index in [0.717, 1.165) is 0 Å². The van der Waals surface area contributed by atoms with Gasteiger partial charge in [0.05, 0.1) is 23.8 Å². The molecule has 0 radical (unpaired) electrons. The number of carbonyl (C=O) groups is 1. The van der Waals surface area contributed by atoms with Crippen molar-refractivity contribution < 1.29 is 9.53 Å². The van der Waals surface area contributed by atoms with E-state index in [9.17, 15) is 4.79 Å². The molecule has 0 spiro atoms. The molecule has 0 bridgehead atoms. The number of amides is 1. The lowest BCUT2D eigenvalue weighted by atomic mass is 10.1. The number of carbonyl (C=O) groups excluding carboxylic acids is 1. The Kier molecular flexibility index (Phi) is 4.15. The molecule has 0 aliphatic carbocycles. The maximum atomic E-state index is 11.9. The first-order valence-corrected chi connectivity index (χ1v) is 5.92. The summed E-state index contributed by atoms with van der Waals surface area (Å²) >= 11 is 5.81. The number of nitrogens with one attached hydrogen (secondary N) is 1. The van der Waals surface area contributed by atoms with Crippen molar-refractivity contribution in [2.45, 2.75) is 0 Å². The normalized spacial score (nSPS) is 16.0. The molecule has 1 aliphatic heterocycles. The summed E-state index contributed by atoms with van der Waals surface area (Å²) in [6.07, 6.45) is 0. The molecule has 1 saturated heterocycles. The van der Waals surface area contributed by atoms with Crippen LogP contribution in [0.1, 0.15) is 15.9 Å². The van der Waals surface area contributed by atoms with Crippen molar-refractivity contribution in [3.8, 4) is 6.07 Å². The SMILES string of the molecule is N#Cc1cc(C(=O)NN2CCOCC2)ccc1Cl. The van der Waals surface area contributed by atoms with E-state index < -0.39 is 0 Å². The van der Waals surface area contributed by atoms with Gasteiger partial charge in [0.25, 0.3) is 5.91 Å². The Balaban J connectivity index is 2.06. The number of nitrogens with zero attached hydrogens (tertiary/aromatic N) is 2. The smallest absolute Gasteiger partial charge is 0.265 e. The molecule has 1 N–H and O–H groups in total. The van der Waals surface area contributed by atoms with Crippen LogP contribution in [0.25, 0.3) is 0 Å². The van der Waals surface area contributed by atoms with Crippen molar-refractivity contribution in [3.63, 3.8) is 0 Å². The van der Waals surface area contributed by atoms with E-state index in [-0.39, 0.29) is 5.91 Å². The van der Waals surface area contributed by atoms with Gasteiger partial charge in [-0.05, 0) is 18.2 Å². The molecule has 6 heteroatoms. The van der Waals surface area contributed by atoms with Gasteiger partial charge in [-0.3, -0.25) is 10.2 Å². The van der Waals surface area contributed by atoms with Gasteiger partial charge in [0.15, 0.2) is 0 Å². The summed E-state index contributed by atoms with van der Waals surface area (Å²) in [4.78, 5) is 11.9. The highest BCUT2D eigenvalue weighted by molar-refractivity contribution is 6.31. The van der Waals surface area contributed by atoms with Gasteiger partial charge in [-0.2, -0.15) is 5.26 Å². The summed E-state index contributed by atoms with van der Waals surface area (Å²) < 4.78 is 5.19. The zero-order valence-electron chi connectivity index (χ0n) is 9.65. The van der Waals surface area contributed by atoms with Gasteiger partial charge >= 0.3 is 0 Å². The molecule has 1 aliphatic rings. The van der Waals surface area contributed by atoms with Crippen LogP contribution in [0.2, 0.25) is 5.02 Å². The number of hydrazine groups is 1. The van der Waals surface area contributed by atoms with Crippen molar-refractivity contribution >= 4 is 17.5 Å². The number of hydrogen-bond donors (Lipinski definition) is 1. The Hall–Kier alpha value is -1.61. The summed E-state index contributed by atoms with van der Waals surface area (Å²) in [7, 11) is 0. The van der Waals surface area contributed by atoms with Crippen LogP contribution in [0.5, 0.6) is 0 Å². The molecule has 2 rings (SSSR count). The Labute approximate surface area is 110 Å². The summed E-state index contributed by atoms with van der Waals surface area (Å²) in [6.45, 7) is 2.52. The van der Waals surface area contributed by atoms with Gasteiger partial charge in [-0.1, -0.05) is 11.6 Å². The van der Waals surface area contributed by atoms with Gasteiger partial charge in [-0.15, -0.1) is 0 Å². The van der Waals surface area contributed by atoms with Gasteiger partial charge < -0.3 is 4.74 Å². The van der Waals surface area contributed by atoms with Crippen LogP contribution >= 0.6 is 11.6 Å². The van der Waals surface area contributed by atoms with Gasteiger partial charge in [-0.25, -0.2) is 5.01 Å². The average Bonchev–Trinajstić information content (AvgIpc) is 2.40. The summed E-state index contributed by atoms with van der Waals surface area (Å²) in [5.74, 6) is -0.245. The van der Waals surface area contributed by atoms with Gasteiger partial charge in [0.2, 0.25) is 0 Å². The fourth-order valence-electron chi connectivity index (χ4n) is 1.64. The number of hydrogen-bond acceptors (Lipinski definition) is 4. The quantitative estimate of drug-likeness (QED) is 0.872. The van der Waals surface area contributed by atoms with Gasteiger partial charge in [0.1, 0.15) is 6.07 Å². The number of nitriles is 1. The lowest BCUT2D eigenvalue weighted by Crippen LogP contribution is -2.48. The van der Waals surface area contributed by atoms with Crippen LogP contribution in [0.15, 0.2) is 18.2 Å². The lowest BCUT2D eigenvalue weighted by molar-refractivity contribution is 0.0126. The lowest BCUT2D eigenvalue weighted by Gasteiger charge is -2.26. The first-order chi connectivity index (χ1) is 8.70. The van der Waals surface area contributed by atoms with Crippen LogP contribution in [0.4, 0.5) is 0 Å². The zero-order chi connectivity index (χ0) is 13.0. The second-order valence-electron chi connectivity index (χ2n) is 3.85. The summed E-state index contributed by atoms with van der Waals surface area (Å²) in [5, 5.41) is 11.0. The highest BCUT2D eigenvalue weighted by Gasteiger charge is 2.15. The molecule has 1 aromatic rings. The van der Waals surface area contributed by atoms with E-state index in [1.807, 2.05) is 6.07 Å². The third kappa shape index (κ3) is 2.99. The summed E-state index contributed by atoms with van der Waals surface area (Å²) in [6, 6.07) is 6.58. The molecular weight excluding hydrogens is 254 g/mol. The molecular formula is C12H12ClN3O2. The fraction of sp³-hybridized carbons (Fsp3) is 0.333. The molecule has 18 heavy (non-hydrogen) atoms. The van der Waals surface area contributed by atoms with Crippen molar-refractivity contribution in [3.05, 3.63) is 34.3 Å². The van der Waals surface area contributed by atoms with E-state index in [1.165, 1.54) is 6.07 Å². The maximum absolute atomic E-state index is 11.9. The van der Waals surface area contributed by atoms with Crippen molar-refractivity contribution in [2.75, 3.05) is 26.3 Å². The molecule has 0 atom stereocenters. The minimum atomic E-state index is -0.245. The van der Waals surface area contributed by atoms with E-state index in [0.29, 0.717) is 42.5 Å². The fourth-order valence-corrected chi connectivity index (χ4v) is 1.80. The molecule has 0 saturated carbocycles. The largest absolute Gasteiger partial charge is 0.379 e. The highest BCUT2D eigenvalue weighted by Crippen LogP contribution is 2.16. The van der Waals surface area contributed by atoms with Crippen LogP contribution in [-0.4, -0.2) is 37.2 Å². The molecule has 94 valence electrons. The molecule has 5 nitrogen and oxygen atoms in total. The third-order valence-electron chi connectivity index (χ3n) is 2.62. The standard InChI is InChI=1S/C12H12ClN3O2/c13-11-2-1-9(7-10(11)8-14)12(17)15-16-3-5-18-6-4-16/h1-2,7H,3-6H2,(H,15,17). The molecule has 0 aromatic heterocycles. The molecule has 1 fully saturated rings. The predicted octanol–water partition coefficient (Wildman–Crippen LogP) is 1.19.